The number of carbonyl (C=O) groups excluding carboxylic acids is 2. The number of benzene rings is 4. The van der Waals surface area contributed by atoms with E-state index in [4.69, 9.17) is 0 Å². The number of phenolic OH excluding ortho intramolecular Hbond substituents is 2. The first-order chi connectivity index (χ1) is 17.5. The van der Waals surface area contributed by atoms with Crippen LogP contribution in [0.2, 0.25) is 0 Å². The SMILES string of the molecule is Cc1cccc(C(=O)Nc2cc(C(C)(C)c3ccc(O)c(NC(=O)c4cccc(C)c4)c3)ccc2O)c1. The minimum atomic E-state index is -0.590. The fraction of sp³-hybridized carbons (Fsp3) is 0.161. The second kappa shape index (κ2) is 10.2. The fourth-order valence-corrected chi connectivity index (χ4v) is 4.18. The molecule has 2 amide bonds. The molecule has 37 heavy (non-hydrogen) atoms. The molecular weight excluding hydrogens is 464 g/mol. The topological polar surface area (TPSA) is 98.7 Å². The molecule has 0 aliphatic heterocycles. The van der Waals surface area contributed by atoms with Crippen molar-refractivity contribution in [2.45, 2.75) is 33.1 Å². The number of amides is 2. The van der Waals surface area contributed by atoms with E-state index in [0.29, 0.717) is 22.5 Å². The molecule has 0 unspecified atom stereocenters. The zero-order valence-electron chi connectivity index (χ0n) is 21.3. The van der Waals surface area contributed by atoms with Gasteiger partial charge in [-0.2, -0.15) is 0 Å². The summed E-state index contributed by atoms with van der Waals surface area (Å²) in [6.45, 7) is 7.80. The number of rotatable bonds is 6. The van der Waals surface area contributed by atoms with Crippen LogP contribution in [0.25, 0.3) is 0 Å². The van der Waals surface area contributed by atoms with Crippen molar-refractivity contribution in [3.63, 3.8) is 0 Å². The Labute approximate surface area is 216 Å². The van der Waals surface area contributed by atoms with Crippen molar-refractivity contribution in [1.29, 1.82) is 0 Å². The number of hydrogen-bond acceptors (Lipinski definition) is 4. The van der Waals surface area contributed by atoms with Gasteiger partial charge in [-0.25, -0.2) is 0 Å². The van der Waals surface area contributed by atoms with Gasteiger partial charge in [0, 0.05) is 16.5 Å². The normalized spacial score (nSPS) is 11.1. The van der Waals surface area contributed by atoms with Gasteiger partial charge in [-0.05, 0) is 73.5 Å². The van der Waals surface area contributed by atoms with Crippen molar-refractivity contribution < 1.29 is 19.8 Å². The summed E-state index contributed by atoms with van der Waals surface area (Å²) in [5.41, 5.74) is 4.57. The van der Waals surface area contributed by atoms with Crippen LogP contribution >= 0.6 is 0 Å². The summed E-state index contributed by atoms with van der Waals surface area (Å²) in [6.07, 6.45) is 0. The van der Waals surface area contributed by atoms with Crippen LogP contribution in [0.4, 0.5) is 11.4 Å². The first-order valence-electron chi connectivity index (χ1n) is 12.0. The van der Waals surface area contributed by atoms with E-state index in [-0.39, 0.29) is 23.3 Å². The van der Waals surface area contributed by atoms with Crippen LogP contribution in [-0.2, 0) is 5.41 Å². The van der Waals surface area contributed by atoms with E-state index < -0.39 is 5.41 Å². The molecule has 0 bridgehead atoms. The molecule has 6 nitrogen and oxygen atoms in total. The van der Waals surface area contributed by atoms with Crippen LogP contribution in [0.3, 0.4) is 0 Å². The minimum absolute atomic E-state index is 0.0441. The molecule has 188 valence electrons. The minimum Gasteiger partial charge on any atom is -0.506 e. The summed E-state index contributed by atoms with van der Waals surface area (Å²) in [5, 5.41) is 26.5. The van der Waals surface area contributed by atoms with Gasteiger partial charge in [0.1, 0.15) is 11.5 Å². The Morgan fingerprint density at radius 3 is 1.41 bits per heavy atom. The van der Waals surface area contributed by atoms with Crippen molar-refractivity contribution in [3.8, 4) is 11.5 Å². The molecule has 4 N–H and O–H groups in total. The number of aryl methyl sites for hydroxylation is 2. The average Bonchev–Trinajstić information content (AvgIpc) is 2.86. The Morgan fingerprint density at radius 1 is 0.622 bits per heavy atom. The molecule has 0 aromatic heterocycles. The number of hydrogen-bond donors (Lipinski definition) is 4. The van der Waals surface area contributed by atoms with Gasteiger partial charge >= 0.3 is 0 Å². The van der Waals surface area contributed by atoms with E-state index in [1.54, 1.807) is 60.7 Å². The van der Waals surface area contributed by atoms with Crippen molar-refractivity contribution >= 4 is 23.2 Å². The quantitative estimate of drug-likeness (QED) is 0.229. The van der Waals surface area contributed by atoms with Gasteiger partial charge in [0.15, 0.2) is 0 Å². The molecule has 4 aromatic rings. The average molecular weight is 495 g/mol. The monoisotopic (exact) mass is 494 g/mol. The van der Waals surface area contributed by atoms with Crippen molar-refractivity contribution in [3.05, 3.63) is 118 Å². The maximum Gasteiger partial charge on any atom is 0.255 e. The van der Waals surface area contributed by atoms with Crippen molar-refractivity contribution in [2.75, 3.05) is 10.6 Å². The standard InChI is InChI=1S/C31H30N2O4/c1-19-7-5-9-21(15-19)29(36)32-25-17-23(11-13-27(25)34)31(3,4)24-12-14-28(35)26(18-24)33-30(37)22-10-6-8-20(2)16-22/h5-18,34-35H,1-4H3,(H,32,36)(H,33,37). The molecule has 6 heteroatoms. The zero-order valence-corrected chi connectivity index (χ0v) is 21.3. The van der Waals surface area contributed by atoms with Crippen LogP contribution in [0.15, 0.2) is 84.9 Å². The smallest absolute Gasteiger partial charge is 0.255 e. The Kier molecular flexibility index (Phi) is 7.02. The van der Waals surface area contributed by atoms with Gasteiger partial charge in [0.25, 0.3) is 11.8 Å². The highest BCUT2D eigenvalue weighted by Gasteiger charge is 2.26. The van der Waals surface area contributed by atoms with Crippen molar-refractivity contribution in [1.82, 2.24) is 0 Å². The van der Waals surface area contributed by atoms with Gasteiger partial charge < -0.3 is 20.8 Å². The van der Waals surface area contributed by atoms with Gasteiger partial charge in [-0.1, -0.05) is 61.4 Å². The van der Waals surface area contributed by atoms with E-state index in [9.17, 15) is 19.8 Å². The molecule has 0 spiro atoms. The summed E-state index contributed by atoms with van der Waals surface area (Å²) in [4.78, 5) is 25.6. The third kappa shape index (κ3) is 5.64. The van der Waals surface area contributed by atoms with E-state index in [1.807, 2.05) is 52.0 Å². The van der Waals surface area contributed by atoms with E-state index in [0.717, 1.165) is 22.3 Å². The van der Waals surface area contributed by atoms with Gasteiger partial charge in [-0.3, -0.25) is 9.59 Å². The molecule has 4 aromatic carbocycles. The lowest BCUT2D eigenvalue weighted by molar-refractivity contribution is 0.101. The van der Waals surface area contributed by atoms with Crippen LogP contribution in [0.5, 0.6) is 11.5 Å². The van der Waals surface area contributed by atoms with Crippen LogP contribution in [-0.4, -0.2) is 22.0 Å². The highest BCUT2D eigenvalue weighted by molar-refractivity contribution is 6.06. The molecule has 0 aliphatic carbocycles. The Balaban J connectivity index is 1.61. The summed E-state index contributed by atoms with van der Waals surface area (Å²) < 4.78 is 0. The third-order valence-electron chi connectivity index (χ3n) is 6.49. The highest BCUT2D eigenvalue weighted by Crippen LogP contribution is 2.38. The lowest BCUT2D eigenvalue weighted by Gasteiger charge is -2.27. The van der Waals surface area contributed by atoms with Gasteiger partial charge in [0.2, 0.25) is 0 Å². The molecule has 0 heterocycles. The van der Waals surface area contributed by atoms with Crippen molar-refractivity contribution in [2.24, 2.45) is 0 Å². The number of aromatic hydroxyl groups is 2. The molecule has 0 fully saturated rings. The predicted molar refractivity (Wildman–Crippen MR) is 147 cm³/mol. The zero-order chi connectivity index (χ0) is 26.7. The van der Waals surface area contributed by atoms with E-state index in [1.165, 1.54) is 0 Å². The molecule has 0 radical (unpaired) electrons. The summed E-state index contributed by atoms with van der Waals surface area (Å²) in [5.74, 6) is -0.728. The summed E-state index contributed by atoms with van der Waals surface area (Å²) in [7, 11) is 0. The second-order valence-electron chi connectivity index (χ2n) is 9.74. The number of carbonyl (C=O) groups is 2. The molecule has 0 atom stereocenters. The summed E-state index contributed by atoms with van der Waals surface area (Å²) in [6, 6.07) is 24.6. The van der Waals surface area contributed by atoms with E-state index >= 15 is 0 Å². The largest absolute Gasteiger partial charge is 0.506 e. The predicted octanol–water partition coefficient (Wildman–Crippen LogP) is 6.55. The molecule has 4 rings (SSSR count). The molecule has 0 aliphatic rings. The Bertz CT molecular complexity index is 1380. The maximum atomic E-state index is 12.8. The van der Waals surface area contributed by atoms with Gasteiger partial charge in [0.05, 0.1) is 11.4 Å². The van der Waals surface area contributed by atoms with Gasteiger partial charge in [-0.15, -0.1) is 0 Å². The van der Waals surface area contributed by atoms with Crippen LogP contribution < -0.4 is 10.6 Å². The molecule has 0 saturated carbocycles. The summed E-state index contributed by atoms with van der Waals surface area (Å²) >= 11 is 0. The van der Waals surface area contributed by atoms with Crippen LogP contribution in [0, 0.1) is 13.8 Å². The first-order valence-corrected chi connectivity index (χ1v) is 12.0. The number of nitrogens with one attached hydrogen (secondary N) is 2. The third-order valence-corrected chi connectivity index (χ3v) is 6.49. The Morgan fingerprint density at radius 2 is 1.03 bits per heavy atom. The lowest BCUT2D eigenvalue weighted by Crippen LogP contribution is -2.20. The fourth-order valence-electron chi connectivity index (χ4n) is 4.18. The number of phenols is 2. The second-order valence-corrected chi connectivity index (χ2v) is 9.74. The first kappa shape index (κ1) is 25.5. The molecular formula is C31H30N2O4. The highest BCUT2D eigenvalue weighted by atomic mass is 16.3. The lowest BCUT2D eigenvalue weighted by atomic mass is 9.77. The maximum absolute atomic E-state index is 12.8. The van der Waals surface area contributed by atoms with E-state index in [2.05, 4.69) is 10.6 Å². The Hall–Kier alpha value is -4.58. The number of anilines is 2. The van der Waals surface area contributed by atoms with Crippen LogP contribution in [0.1, 0.15) is 56.8 Å². The molecule has 0 saturated heterocycles.